The van der Waals surface area contributed by atoms with Crippen LogP contribution in [0.2, 0.25) is 0 Å². The fraction of sp³-hybridized carbons (Fsp3) is 0.467. The summed E-state index contributed by atoms with van der Waals surface area (Å²) in [6.45, 7) is 5.00. The fourth-order valence-electron chi connectivity index (χ4n) is 2.48. The first kappa shape index (κ1) is 13.6. The lowest BCUT2D eigenvalue weighted by atomic mass is 9.95. The van der Waals surface area contributed by atoms with Crippen LogP contribution in [0.4, 0.5) is 0 Å². The second-order valence-electron chi connectivity index (χ2n) is 5.15. The van der Waals surface area contributed by atoms with Crippen LogP contribution in [0.3, 0.4) is 0 Å². The van der Waals surface area contributed by atoms with E-state index in [1.807, 2.05) is 32.0 Å². The second-order valence-corrected chi connectivity index (χ2v) is 5.15. The second kappa shape index (κ2) is 5.43. The molecule has 1 aliphatic heterocycles. The van der Waals surface area contributed by atoms with Crippen LogP contribution in [-0.2, 0) is 4.79 Å². The highest BCUT2D eigenvalue weighted by molar-refractivity contribution is 5.96. The first-order chi connectivity index (χ1) is 9.00. The molecule has 0 bridgehead atoms. The molecule has 0 aromatic heterocycles. The predicted octanol–water partition coefficient (Wildman–Crippen LogP) is 2.24. The van der Waals surface area contributed by atoms with Crippen molar-refractivity contribution < 1.29 is 14.7 Å². The van der Waals surface area contributed by atoms with Crippen LogP contribution in [0.5, 0.6) is 0 Å². The van der Waals surface area contributed by atoms with Crippen molar-refractivity contribution in [1.82, 2.24) is 4.90 Å². The molecule has 1 saturated heterocycles. The van der Waals surface area contributed by atoms with E-state index < -0.39 is 5.97 Å². The van der Waals surface area contributed by atoms with Crippen LogP contribution in [0, 0.1) is 19.8 Å². The van der Waals surface area contributed by atoms with Gasteiger partial charge in [0.2, 0.25) is 0 Å². The van der Waals surface area contributed by atoms with Crippen LogP contribution >= 0.6 is 0 Å². The Morgan fingerprint density at radius 3 is 2.42 bits per heavy atom. The Morgan fingerprint density at radius 1 is 1.21 bits per heavy atom. The number of hydrogen-bond acceptors (Lipinski definition) is 2. The number of carboxylic acid groups (broad SMARTS) is 1. The van der Waals surface area contributed by atoms with Crippen molar-refractivity contribution >= 4 is 11.9 Å². The molecule has 1 aromatic carbocycles. The van der Waals surface area contributed by atoms with Crippen molar-refractivity contribution in [2.45, 2.75) is 26.7 Å². The van der Waals surface area contributed by atoms with E-state index in [-0.39, 0.29) is 11.8 Å². The van der Waals surface area contributed by atoms with E-state index in [0.717, 1.165) is 16.7 Å². The van der Waals surface area contributed by atoms with Crippen molar-refractivity contribution in [3.8, 4) is 0 Å². The maximum absolute atomic E-state index is 12.4. The zero-order valence-corrected chi connectivity index (χ0v) is 11.3. The van der Waals surface area contributed by atoms with Crippen LogP contribution < -0.4 is 0 Å². The van der Waals surface area contributed by atoms with Crippen molar-refractivity contribution in [2.24, 2.45) is 5.92 Å². The molecule has 0 spiro atoms. The third kappa shape index (κ3) is 2.78. The van der Waals surface area contributed by atoms with Gasteiger partial charge in [-0.2, -0.15) is 0 Å². The minimum absolute atomic E-state index is 0.0186. The monoisotopic (exact) mass is 261 g/mol. The van der Waals surface area contributed by atoms with E-state index in [1.165, 1.54) is 0 Å². The van der Waals surface area contributed by atoms with Gasteiger partial charge in [0.15, 0.2) is 0 Å². The zero-order valence-electron chi connectivity index (χ0n) is 11.3. The van der Waals surface area contributed by atoms with Gasteiger partial charge in [-0.25, -0.2) is 0 Å². The fourth-order valence-corrected chi connectivity index (χ4v) is 2.48. The van der Waals surface area contributed by atoms with Gasteiger partial charge in [-0.05, 0) is 43.9 Å². The molecule has 4 nitrogen and oxygen atoms in total. The van der Waals surface area contributed by atoms with E-state index >= 15 is 0 Å². The molecule has 102 valence electrons. The molecule has 1 amide bonds. The number of hydrogen-bond donors (Lipinski definition) is 1. The Hall–Kier alpha value is -1.84. The maximum atomic E-state index is 12.4. The lowest BCUT2D eigenvalue weighted by Gasteiger charge is -2.30. The molecule has 19 heavy (non-hydrogen) atoms. The summed E-state index contributed by atoms with van der Waals surface area (Å²) >= 11 is 0. The molecule has 1 N–H and O–H groups in total. The zero-order chi connectivity index (χ0) is 14.0. The molecule has 1 fully saturated rings. The van der Waals surface area contributed by atoms with E-state index in [2.05, 4.69) is 0 Å². The molecule has 0 unspecified atom stereocenters. The van der Waals surface area contributed by atoms with E-state index in [0.29, 0.717) is 25.9 Å². The largest absolute Gasteiger partial charge is 0.481 e. The Kier molecular flexibility index (Phi) is 3.88. The molecular formula is C15H19NO3. The molecule has 0 aliphatic carbocycles. The highest BCUT2D eigenvalue weighted by Crippen LogP contribution is 2.21. The van der Waals surface area contributed by atoms with Crippen LogP contribution in [0.25, 0.3) is 0 Å². The number of carboxylic acids is 1. The molecule has 2 rings (SSSR count). The number of amides is 1. The Balaban J connectivity index is 2.09. The SMILES string of the molecule is Cc1cccc(C(=O)N2CCC(C(=O)O)CC2)c1C. The van der Waals surface area contributed by atoms with Gasteiger partial charge in [-0.1, -0.05) is 12.1 Å². The van der Waals surface area contributed by atoms with Crippen molar-refractivity contribution in [3.05, 3.63) is 34.9 Å². The number of nitrogens with zero attached hydrogens (tertiary/aromatic N) is 1. The van der Waals surface area contributed by atoms with Gasteiger partial charge < -0.3 is 10.0 Å². The molecule has 0 saturated carbocycles. The number of aliphatic carboxylic acids is 1. The average molecular weight is 261 g/mol. The van der Waals surface area contributed by atoms with Crippen molar-refractivity contribution in [1.29, 1.82) is 0 Å². The van der Waals surface area contributed by atoms with E-state index in [4.69, 9.17) is 5.11 Å². The lowest BCUT2D eigenvalue weighted by Crippen LogP contribution is -2.40. The average Bonchev–Trinajstić information content (AvgIpc) is 2.41. The normalized spacial score (nSPS) is 16.4. The maximum Gasteiger partial charge on any atom is 0.306 e. The summed E-state index contributed by atoms with van der Waals surface area (Å²) in [6.07, 6.45) is 1.10. The molecule has 4 heteroatoms. The standard InChI is InChI=1S/C15H19NO3/c1-10-4-3-5-13(11(10)2)14(17)16-8-6-12(7-9-16)15(18)19/h3-5,12H,6-9H2,1-2H3,(H,18,19). The summed E-state index contributed by atoms with van der Waals surface area (Å²) in [7, 11) is 0. The van der Waals surface area contributed by atoms with Crippen LogP contribution in [0.1, 0.15) is 34.3 Å². The van der Waals surface area contributed by atoms with Gasteiger partial charge in [-0.15, -0.1) is 0 Å². The van der Waals surface area contributed by atoms with Gasteiger partial charge >= 0.3 is 5.97 Å². The first-order valence-corrected chi connectivity index (χ1v) is 6.59. The number of piperidine rings is 1. The van der Waals surface area contributed by atoms with E-state index in [9.17, 15) is 9.59 Å². The summed E-state index contributed by atoms with van der Waals surface area (Å²) in [6, 6.07) is 5.72. The molecule has 1 aromatic rings. The number of carbonyl (C=O) groups excluding carboxylic acids is 1. The third-order valence-corrected chi connectivity index (χ3v) is 3.97. The molecule has 1 aliphatic rings. The van der Waals surface area contributed by atoms with Gasteiger partial charge in [0, 0.05) is 18.7 Å². The van der Waals surface area contributed by atoms with Gasteiger partial charge in [-0.3, -0.25) is 9.59 Å². The minimum Gasteiger partial charge on any atom is -0.481 e. The predicted molar refractivity (Wildman–Crippen MR) is 72.2 cm³/mol. The number of likely N-dealkylation sites (tertiary alicyclic amines) is 1. The highest BCUT2D eigenvalue weighted by atomic mass is 16.4. The molecule has 1 heterocycles. The summed E-state index contributed by atoms with van der Waals surface area (Å²) in [5.74, 6) is -1.04. The van der Waals surface area contributed by atoms with Crippen molar-refractivity contribution in [2.75, 3.05) is 13.1 Å². The topological polar surface area (TPSA) is 57.6 Å². The number of rotatable bonds is 2. The Bertz CT molecular complexity index is 502. The summed E-state index contributed by atoms with van der Waals surface area (Å²) in [5.41, 5.74) is 2.84. The number of aryl methyl sites for hydroxylation is 1. The molecule has 0 radical (unpaired) electrons. The van der Waals surface area contributed by atoms with Crippen molar-refractivity contribution in [3.63, 3.8) is 0 Å². The van der Waals surface area contributed by atoms with Gasteiger partial charge in [0.25, 0.3) is 5.91 Å². The summed E-state index contributed by atoms with van der Waals surface area (Å²) in [4.78, 5) is 25.1. The number of benzene rings is 1. The van der Waals surface area contributed by atoms with Gasteiger partial charge in [0.1, 0.15) is 0 Å². The Morgan fingerprint density at radius 2 is 1.84 bits per heavy atom. The first-order valence-electron chi connectivity index (χ1n) is 6.59. The smallest absolute Gasteiger partial charge is 0.306 e. The number of carbonyl (C=O) groups is 2. The van der Waals surface area contributed by atoms with Crippen LogP contribution in [0.15, 0.2) is 18.2 Å². The molecular weight excluding hydrogens is 242 g/mol. The van der Waals surface area contributed by atoms with Gasteiger partial charge in [0.05, 0.1) is 5.92 Å². The minimum atomic E-state index is -0.751. The Labute approximate surface area is 113 Å². The molecule has 0 atom stereocenters. The summed E-state index contributed by atoms with van der Waals surface area (Å²) in [5, 5.41) is 8.96. The lowest BCUT2D eigenvalue weighted by molar-refractivity contribution is -0.143. The summed E-state index contributed by atoms with van der Waals surface area (Å²) < 4.78 is 0. The quantitative estimate of drug-likeness (QED) is 0.888. The highest BCUT2D eigenvalue weighted by Gasteiger charge is 2.27. The van der Waals surface area contributed by atoms with Crippen LogP contribution in [-0.4, -0.2) is 35.0 Å². The van der Waals surface area contributed by atoms with E-state index in [1.54, 1.807) is 4.90 Å². The third-order valence-electron chi connectivity index (χ3n) is 3.97.